The van der Waals surface area contributed by atoms with Crippen molar-refractivity contribution in [2.75, 3.05) is 0 Å². The van der Waals surface area contributed by atoms with Gasteiger partial charge in [-0.05, 0) is 44.0 Å². The first-order valence-electron chi connectivity index (χ1n) is 4.32. The smallest absolute Gasteiger partial charge is 0.392 e. The standard InChI is InChI=1S/C9H5Br2O5P/c10-8(11)5-14-17(13)15-7-4-2-1-3-6(7)9(12)16-17/h1-5H. The Morgan fingerprint density at radius 3 is 2.71 bits per heavy atom. The summed E-state index contributed by atoms with van der Waals surface area (Å²) in [5, 5.41) is 0. The van der Waals surface area contributed by atoms with Crippen molar-refractivity contribution in [1.82, 2.24) is 0 Å². The van der Waals surface area contributed by atoms with Gasteiger partial charge < -0.3 is 13.6 Å². The SMILES string of the molecule is O=C1OP(=O)(OC=C(Br)Br)Oc2ccccc21. The normalized spacial score (nSPS) is 21.9. The number of carbonyl (C=O) groups is 1. The van der Waals surface area contributed by atoms with Crippen molar-refractivity contribution in [2.24, 2.45) is 0 Å². The monoisotopic (exact) mass is 382 g/mol. The zero-order valence-electron chi connectivity index (χ0n) is 8.13. The number of para-hydroxylation sites is 1. The lowest BCUT2D eigenvalue weighted by atomic mass is 10.2. The molecule has 0 aliphatic carbocycles. The molecule has 0 N–H and O–H groups in total. The number of fused-ring (bicyclic) bond motifs is 1. The van der Waals surface area contributed by atoms with Gasteiger partial charge in [0.1, 0.15) is 17.6 Å². The van der Waals surface area contributed by atoms with Crippen LogP contribution in [0.4, 0.5) is 0 Å². The fourth-order valence-corrected chi connectivity index (χ4v) is 2.69. The molecule has 0 saturated heterocycles. The highest BCUT2D eigenvalue weighted by Gasteiger charge is 2.40. The zero-order valence-corrected chi connectivity index (χ0v) is 12.2. The number of rotatable bonds is 2. The van der Waals surface area contributed by atoms with Gasteiger partial charge in [0.2, 0.25) is 0 Å². The fourth-order valence-electron chi connectivity index (χ4n) is 1.15. The van der Waals surface area contributed by atoms with Gasteiger partial charge in [-0.3, -0.25) is 0 Å². The number of benzene rings is 1. The predicted molar refractivity (Wildman–Crippen MR) is 67.1 cm³/mol. The second kappa shape index (κ2) is 4.84. The molecule has 0 bridgehead atoms. The van der Waals surface area contributed by atoms with Crippen LogP contribution in [0.3, 0.4) is 0 Å². The van der Waals surface area contributed by atoms with Gasteiger partial charge in [0, 0.05) is 0 Å². The summed E-state index contributed by atoms with van der Waals surface area (Å²) < 4.78 is 26.8. The van der Waals surface area contributed by atoms with Crippen LogP contribution < -0.4 is 4.52 Å². The number of halogens is 2. The van der Waals surface area contributed by atoms with E-state index in [9.17, 15) is 9.36 Å². The van der Waals surface area contributed by atoms with Crippen LogP contribution in [0.15, 0.2) is 33.9 Å². The van der Waals surface area contributed by atoms with Crippen molar-refractivity contribution in [1.29, 1.82) is 0 Å². The Morgan fingerprint density at radius 1 is 1.29 bits per heavy atom. The van der Waals surface area contributed by atoms with E-state index in [1.807, 2.05) is 0 Å². The van der Waals surface area contributed by atoms with Crippen LogP contribution in [0, 0.1) is 0 Å². The molecule has 1 aliphatic rings. The van der Waals surface area contributed by atoms with Crippen LogP contribution in [0.2, 0.25) is 0 Å². The van der Waals surface area contributed by atoms with Crippen LogP contribution in [0.1, 0.15) is 10.4 Å². The number of hydrogen-bond donors (Lipinski definition) is 0. The second-order valence-electron chi connectivity index (χ2n) is 2.93. The van der Waals surface area contributed by atoms with Gasteiger partial charge in [-0.15, -0.1) is 0 Å². The minimum absolute atomic E-state index is 0.172. The summed E-state index contributed by atoms with van der Waals surface area (Å²) in [6, 6.07) is 6.32. The van der Waals surface area contributed by atoms with E-state index in [-0.39, 0.29) is 11.3 Å². The van der Waals surface area contributed by atoms with Crippen molar-refractivity contribution >= 4 is 45.7 Å². The highest BCUT2D eigenvalue weighted by atomic mass is 79.9. The summed E-state index contributed by atoms with van der Waals surface area (Å²) in [5.74, 6) is -0.569. The third kappa shape index (κ3) is 2.91. The third-order valence-electron chi connectivity index (χ3n) is 1.78. The van der Waals surface area contributed by atoms with E-state index in [0.29, 0.717) is 3.39 Å². The molecule has 1 aliphatic heterocycles. The Bertz CT molecular complexity index is 538. The molecular weight excluding hydrogens is 379 g/mol. The Kier molecular flexibility index (Phi) is 3.61. The van der Waals surface area contributed by atoms with Crippen LogP contribution in [0.5, 0.6) is 5.75 Å². The Labute approximate surface area is 114 Å². The van der Waals surface area contributed by atoms with E-state index >= 15 is 0 Å². The van der Waals surface area contributed by atoms with Gasteiger partial charge in [-0.1, -0.05) is 12.1 Å². The first-order valence-corrected chi connectivity index (χ1v) is 7.37. The molecule has 0 amide bonds. The maximum Gasteiger partial charge on any atom is 0.649 e. The van der Waals surface area contributed by atoms with Crippen LogP contribution in [-0.4, -0.2) is 5.97 Å². The van der Waals surface area contributed by atoms with Crippen molar-refractivity contribution in [3.8, 4) is 5.75 Å². The average molecular weight is 384 g/mol. The maximum absolute atomic E-state index is 11.9. The van der Waals surface area contributed by atoms with Crippen LogP contribution in [-0.2, 0) is 13.6 Å². The molecule has 90 valence electrons. The number of carbonyl (C=O) groups excluding carboxylic acids is 1. The van der Waals surface area contributed by atoms with Crippen molar-refractivity contribution < 1.29 is 22.9 Å². The van der Waals surface area contributed by atoms with E-state index in [1.165, 1.54) is 12.1 Å². The first-order chi connectivity index (χ1) is 8.00. The van der Waals surface area contributed by atoms with Gasteiger partial charge in [0.15, 0.2) is 0 Å². The molecule has 1 aromatic carbocycles. The largest absolute Gasteiger partial charge is 0.649 e. The van der Waals surface area contributed by atoms with Gasteiger partial charge in [0.05, 0.1) is 3.39 Å². The summed E-state index contributed by atoms with van der Waals surface area (Å²) in [7, 11) is -3.94. The molecule has 17 heavy (non-hydrogen) atoms. The third-order valence-corrected chi connectivity index (χ3v) is 3.33. The maximum atomic E-state index is 11.9. The van der Waals surface area contributed by atoms with Crippen molar-refractivity contribution in [3.63, 3.8) is 0 Å². The Hall–Kier alpha value is -0.780. The highest BCUT2D eigenvalue weighted by molar-refractivity contribution is 9.28. The Morgan fingerprint density at radius 2 is 2.00 bits per heavy atom. The summed E-state index contributed by atoms with van der Waals surface area (Å²) in [6.45, 7) is 0. The quantitative estimate of drug-likeness (QED) is 0.571. The van der Waals surface area contributed by atoms with Gasteiger partial charge >= 0.3 is 13.8 Å². The lowest BCUT2D eigenvalue weighted by molar-refractivity contribution is 0.0646. The molecule has 1 heterocycles. The van der Waals surface area contributed by atoms with E-state index in [0.717, 1.165) is 6.26 Å². The van der Waals surface area contributed by atoms with Crippen LogP contribution in [0.25, 0.3) is 0 Å². The molecule has 0 aromatic heterocycles. The van der Waals surface area contributed by atoms with Crippen LogP contribution >= 0.6 is 39.7 Å². The van der Waals surface area contributed by atoms with Gasteiger partial charge in [-0.25, -0.2) is 4.79 Å². The summed E-state index contributed by atoms with van der Waals surface area (Å²) in [4.78, 5) is 11.5. The lowest BCUT2D eigenvalue weighted by Crippen LogP contribution is -2.15. The van der Waals surface area contributed by atoms with Gasteiger partial charge in [-0.2, -0.15) is 4.57 Å². The van der Waals surface area contributed by atoms with E-state index in [1.54, 1.807) is 12.1 Å². The topological polar surface area (TPSA) is 61.8 Å². The fraction of sp³-hybridized carbons (Fsp3) is 0. The summed E-state index contributed by atoms with van der Waals surface area (Å²) in [5.41, 5.74) is 0.212. The molecule has 8 heteroatoms. The predicted octanol–water partition coefficient (Wildman–Crippen LogP) is 3.95. The molecule has 5 nitrogen and oxygen atoms in total. The van der Waals surface area contributed by atoms with E-state index < -0.39 is 13.8 Å². The molecule has 2 rings (SSSR count). The average Bonchev–Trinajstić information content (AvgIpc) is 2.26. The minimum Gasteiger partial charge on any atom is -0.392 e. The molecule has 0 fully saturated rings. The van der Waals surface area contributed by atoms with E-state index in [4.69, 9.17) is 9.05 Å². The number of phosphoric ester groups is 1. The molecular formula is C9H5Br2O5P. The summed E-state index contributed by atoms with van der Waals surface area (Å²) in [6.07, 6.45) is 1.07. The molecule has 1 atom stereocenters. The van der Waals surface area contributed by atoms with E-state index in [2.05, 4.69) is 36.4 Å². The van der Waals surface area contributed by atoms with Crippen molar-refractivity contribution in [2.45, 2.75) is 0 Å². The highest BCUT2D eigenvalue weighted by Crippen LogP contribution is 2.54. The lowest BCUT2D eigenvalue weighted by Gasteiger charge is -2.22. The number of hydrogen-bond acceptors (Lipinski definition) is 5. The Balaban J connectivity index is 2.30. The molecule has 1 unspecified atom stereocenters. The minimum atomic E-state index is -3.94. The molecule has 0 saturated carbocycles. The number of phosphoric acid groups is 1. The first kappa shape index (κ1) is 12.7. The van der Waals surface area contributed by atoms with Crippen molar-refractivity contribution in [3.05, 3.63) is 39.5 Å². The molecule has 0 radical (unpaired) electrons. The second-order valence-corrected chi connectivity index (χ2v) is 7.17. The molecule has 0 spiro atoms. The van der Waals surface area contributed by atoms with Gasteiger partial charge in [0.25, 0.3) is 0 Å². The summed E-state index contributed by atoms with van der Waals surface area (Å²) >= 11 is 6.02. The molecule has 1 aromatic rings. The zero-order chi connectivity index (χ0) is 12.5.